The molecular weight excluding hydrogens is 442 g/mol. The van der Waals surface area contributed by atoms with Crippen molar-refractivity contribution in [1.29, 1.82) is 0 Å². The summed E-state index contributed by atoms with van der Waals surface area (Å²) in [7, 11) is 1.47. The van der Waals surface area contributed by atoms with Gasteiger partial charge in [-0.3, -0.25) is 14.5 Å². The van der Waals surface area contributed by atoms with E-state index in [1.165, 1.54) is 13.1 Å². The van der Waals surface area contributed by atoms with Gasteiger partial charge in [0, 0.05) is 56.9 Å². The molecule has 1 fully saturated rings. The number of carbonyl (C=O) groups excluding carboxylic acids is 2. The van der Waals surface area contributed by atoms with Crippen LogP contribution in [0.2, 0.25) is 0 Å². The summed E-state index contributed by atoms with van der Waals surface area (Å²) in [4.78, 5) is 31.9. The maximum absolute atomic E-state index is 15.4. The lowest BCUT2D eigenvalue weighted by Crippen LogP contribution is -2.46. The molecule has 2 amide bonds. The molecule has 8 nitrogen and oxygen atoms in total. The SMILES string of the molecule is CCC1C(=O)Nc2c(F)c(CN3CCN(c4ccc(C(=O)NC)nc4F)CC3)cc3ccn1c23. The zero-order chi connectivity index (χ0) is 24.0. The second-order valence-electron chi connectivity index (χ2n) is 8.65. The van der Waals surface area contributed by atoms with Crippen LogP contribution >= 0.6 is 0 Å². The van der Waals surface area contributed by atoms with Crippen molar-refractivity contribution in [2.24, 2.45) is 0 Å². The predicted molar refractivity (Wildman–Crippen MR) is 125 cm³/mol. The summed E-state index contributed by atoms with van der Waals surface area (Å²) < 4.78 is 31.8. The number of nitrogens with one attached hydrogen (secondary N) is 2. The molecule has 0 bridgehead atoms. The summed E-state index contributed by atoms with van der Waals surface area (Å²) >= 11 is 0. The minimum absolute atomic E-state index is 0.0309. The molecule has 0 spiro atoms. The molecule has 0 aliphatic carbocycles. The van der Waals surface area contributed by atoms with Gasteiger partial charge < -0.3 is 20.1 Å². The van der Waals surface area contributed by atoms with Gasteiger partial charge in [-0.2, -0.15) is 4.39 Å². The number of carbonyl (C=O) groups is 2. The van der Waals surface area contributed by atoms with Gasteiger partial charge in [-0.1, -0.05) is 6.92 Å². The molecule has 2 aliphatic heterocycles. The van der Waals surface area contributed by atoms with Crippen molar-refractivity contribution in [1.82, 2.24) is 19.8 Å². The zero-order valence-corrected chi connectivity index (χ0v) is 19.1. The summed E-state index contributed by atoms with van der Waals surface area (Å²) in [5.41, 5.74) is 1.87. The van der Waals surface area contributed by atoms with Crippen molar-refractivity contribution in [3.8, 4) is 0 Å². The summed E-state index contributed by atoms with van der Waals surface area (Å²) in [5.74, 6) is -1.73. The second-order valence-corrected chi connectivity index (χ2v) is 8.65. The average molecular weight is 469 g/mol. The lowest BCUT2D eigenvalue weighted by Gasteiger charge is -2.36. The zero-order valence-electron chi connectivity index (χ0n) is 19.1. The van der Waals surface area contributed by atoms with Crippen LogP contribution in [0.15, 0.2) is 30.5 Å². The Morgan fingerprint density at radius 3 is 2.65 bits per heavy atom. The topological polar surface area (TPSA) is 82.5 Å². The van der Waals surface area contributed by atoms with E-state index in [-0.39, 0.29) is 23.3 Å². The van der Waals surface area contributed by atoms with E-state index in [1.54, 1.807) is 6.07 Å². The van der Waals surface area contributed by atoms with E-state index in [0.717, 1.165) is 10.9 Å². The molecular formula is C24H26F2N6O2. The lowest BCUT2D eigenvalue weighted by atomic mass is 10.0. The molecule has 2 aliphatic rings. The summed E-state index contributed by atoms with van der Waals surface area (Å²) in [6.45, 7) is 4.62. The number of rotatable bonds is 5. The Kier molecular flexibility index (Phi) is 5.68. The number of piperazine rings is 1. The molecule has 4 heterocycles. The molecule has 0 saturated carbocycles. The number of hydrogen-bond donors (Lipinski definition) is 2. The van der Waals surface area contributed by atoms with Crippen molar-refractivity contribution in [3.05, 3.63) is 53.5 Å². The number of nitrogens with zero attached hydrogens (tertiary/aromatic N) is 4. The van der Waals surface area contributed by atoms with E-state index in [9.17, 15) is 14.0 Å². The Bertz CT molecular complexity index is 1280. The maximum Gasteiger partial charge on any atom is 0.269 e. The molecule has 1 saturated heterocycles. The van der Waals surface area contributed by atoms with Gasteiger partial charge in [0.2, 0.25) is 11.9 Å². The van der Waals surface area contributed by atoms with E-state index < -0.39 is 17.7 Å². The third kappa shape index (κ3) is 3.67. The lowest BCUT2D eigenvalue weighted by molar-refractivity contribution is -0.119. The Hall–Kier alpha value is -3.53. The van der Waals surface area contributed by atoms with E-state index in [4.69, 9.17) is 0 Å². The number of anilines is 2. The third-order valence-electron chi connectivity index (χ3n) is 6.68. The largest absolute Gasteiger partial charge is 0.365 e. The molecule has 34 heavy (non-hydrogen) atoms. The van der Waals surface area contributed by atoms with E-state index in [2.05, 4.69) is 20.5 Å². The van der Waals surface area contributed by atoms with Crippen LogP contribution in [0.3, 0.4) is 0 Å². The monoisotopic (exact) mass is 468 g/mol. The van der Waals surface area contributed by atoms with Crippen molar-refractivity contribution in [3.63, 3.8) is 0 Å². The van der Waals surface area contributed by atoms with Gasteiger partial charge >= 0.3 is 0 Å². The van der Waals surface area contributed by atoms with Gasteiger partial charge in [0.05, 0.1) is 11.2 Å². The minimum atomic E-state index is -0.684. The van der Waals surface area contributed by atoms with Gasteiger partial charge in [-0.05, 0) is 30.7 Å². The van der Waals surface area contributed by atoms with Gasteiger partial charge in [0.1, 0.15) is 17.4 Å². The summed E-state index contributed by atoms with van der Waals surface area (Å²) in [5, 5.41) is 6.10. The van der Waals surface area contributed by atoms with Crippen LogP contribution < -0.4 is 15.5 Å². The molecule has 3 aromatic rings. The van der Waals surface area contributed by atoms with Gasteiger partial charge in [0.25, 0.3) is 5.91 Å². The first-order valence-electron chi connectivity index (χ1n) is 11.4. The number of amides is 2. The molecule has 1 aromatic carbocycles. The smallest absolute Gasteiger partial charge is 0.269 e. The Morgan fingerprint density at radius 1 is 1.21 bits per heavy atom. The van der Waals surface area contributed by atoms with Crippen molar-refractivity contribution < 1.29 is 18.4 Å². The molecule has 10 heteroatoms. The highest BCUT2D eigenvalue weighted by atomic mass is 19.1. The highest BCUT2D eigenvalue weighted by Gasteiger charge is 2.30. The fourth-order valence-electron chi connectivity index (χ4n) is 4.88. The Balaban J connectivity index is 1.31. The van der Waals surface area contributed by atoms with E-state index >= 15 is 4.39 Å². The van der Waals surface area contributed by atoms with Crippen LogP contribution in [-0.2, 0) is 11.3 Å². The Morgan fingerprint density at radius 2 is 1.97 bits per heavy atom. The van der Waals surface area contributed by atoms with Crippen molar-refractivity contribution >= 4 is 34.1 Å². The molecule has 2 aromatic heterocycles. The second kappa shape index (κ2) is 8.68. The summed E-state index contributed by atoms with van der Waals surface area (Å²) in [6, 6.07) is 6.51. The number of benzene rings is 1. The normalized spacial score (nSPS) is 18.3. The van der Waals surface area contributed by atoms with E-state index in [0.29, 0.717) is 50.4 Å². The maximum atomic E-state index is 15.4. The number of aromatic nitrogens is 2. The first-order valence-corrected chi connectivity index (χ1v) is 11.4. The van der Waals surface area contributed by atoms with Crippen molar-refractivity contribution in [2.75, 3.05) is 43.4 Å². The average Bonchev–Trinajstić information content (AvgIpc) is 3.26. The predicted octanol–water partition coefficient (Wildman–Crippen LogP) is 2.90. The molecule has 5 rings (SSSR count). The number of halogens is 2. The molecule has 2 N–H and O–H groups in total. The first-order chi connectivity index (χ1) is 16.4. The van der Waals surface area contributed by atoms with Crippen LogP contribution in [0.5, 0.6) is 0 Å². The summed E-state index contributed by atoms with van der Waals surface area (Å²) in [6.07, 6.45) is 2.48. The van der Waals surface area contributed by atoms with Gasteiger partial charge in [-0.25, -0.2) is 9.37 Å². The fourth-order valence-corrected chi connectivity index (χ4v) is 4.88. The molecule has 1 atom stereocenters. The third-order valence-corrected chi connectivity index (χ3v) is 6.68. The quantitative estimate of drug-likeness (QED) is 0.563. The Labute approximate surface area is 195 Å². The highest BCUT2D eigenvalue weighted by Crippen LogP contribution is 2.37. The van der Waals surface area contributed by atoms with Crippen LogP contribution in [0.25, 0.3) is 10.9 Å². The fraction of sp³-hybridized carbons (Fsp3) is 0.375. The van der Waals surface area contributed by atoms with Crippen LogP contribution in [0, 0.1) is 11.8 Å². The van der Waals surface area contributed by atoms with Crippen LogP contribution in [0.4, 0.5) is 20.2 Å². The van der Waals surface area contributed by atoms with Crippen LogP contribution in [0.1, 0.15) is 35.4 Å². The molecule has 1 unspecified atom stereocenters. The minimum Gasteiger partial charge on any atom is -0.365 e. The van der Waals surface area contributed by atoms with Crippen molar-refractivity contribution in [2.45, 2.75) is 25.9 Å². The number of hydrogen-bond acceptors (Lipinski definition) is 5. The van der Waals surface area contributed by atoms with E-state index in [1.807, 2.05) is 34.7 Å². The first kappa shape index (κ1) is 22.3. The van der Waals surface area contributed by atoms with Gasteiger partial charge in [0.15, 0.2) is 5.82 Å². The molecule has 178 valence electrons. The number of pyridine rings is 1. The highest BCUT2D eigenvalue weighted by molar-refractivity contribution is 6.06. The van der Waals surface area contributed by atoms with Crippen LogP contribution in [-0.4, -0.2) is 59.5 Å². The standard InChI is InChI=1S/C24H26F2N6O2/c1-3-17-24(34)29-20-19(25)15(12-14-6-7-32(17)21(14)20)13-30-8-10-31(11-9-30)18-5-4-16(23(33)27-2)28-22(18)26/h4-7,12,17H,3,8-11,13H2,1-2H3,(H,27,33)(H,29,34). The molecule has 0 radical (unpaired) electrons. The van der Waals surface area contributed by atoms with Gasteiger partial charge in [-0.15, -0.1) is 0 Å².